The zero-order chi connectivity index (χ0) is 17.6. The Morgan fingerprint density at radius 2 is 2.16 bits per heavy atom. The summed E-state index contributed by atoms with van der Waals surface area (Å²) in [7, 11) is 1.71. The normalized spacial score (nSPS) is 16.0. The number of aliphatic hydroxyl groups is 1. The third-order valence-electron chi connectivity index (χ3n) is 4.50. The van der Waals surface area contributed by atoms with Crippen molar-refractivity contribution in [3.63, 3.8) is 0 Å². The Morgan fingerprint density at radius 1 is 1.36 bits per heavy atom. The van der Waals surface area contributed by atoms with Gasteiger partial charge in [0.2, 0.25) is 0 Å². The summed E-state index contributed by atoms with van der Waals surface area (Å²) in [6.07, 6.45) is 5.43. The van der Waals surface area contributed by atoms with E-state index in [2.05, 4.69) is 22.1 Å². The second-order valence-corrected chi connectivity index (χ2v) is 7.56. The van der Waals surface area contributed by atoms with Crippen LogP contribution in [0.15, 0.2) is 29.4 Å². The van der Waals surface area contributed by atoms with Crippen LogP contribution in [0, 0.1) is 0 Å². The number of nitrogens with zero attached hydrogens (tertiary/aromatic N) is 3. The van der Waals surface area contributed by atoms with E-state index in [0.29, 0.717) is 11.7 Å². The molecule has 0 saturated heterocycles. The Bertz CT molecular complexity index is 973. The van der Waals surface area contributed by atoms with Gasteiger partial charge in [-0.2, -0.15) is 0 Å². The van der Waals surface area contributed by atoms with Gasteiger partial charge in [-0.15, -0.1) is 11.3 Å². The molecule has 4 rings (SSSR count). The van der Waals surface area contributed by atoms with Crippen LogP contribution in [0.1, 0.15) is 47.8 Å². The summed E-state index contributed by atoms with van der Waals surface area (Å²) in [6, 6.07) is 6.23. The minimum absolute atomic E-state index is 0.463. The lowest BCUT2D eigenvalue weighted by Crippen LogP contribution is -1.98. The van der Waals surface area contributed by atoms with E-state index >= 15 is 0 Å². The van der Waals surface area contributed by atoms with E-state index in [4.69, 9.17) is 10.7 Å². The fraction of sp³-hybridized carbons (Fsp3) is 0.316. The van der Waals surface area contributed by atoms with Gasteiger partial charge in [0.1, 0.15) is 10.6 Å². The van der Waals surface area contributed by atoms with Crippen LogP contribution in [0.3, 0.4) is 0 Å². The molecule has 1 saturated carbocycles. The largest absolute Gasteiger partial charge is 0.388 e. The Kier molecular flexibility index (Phi) is 4.01. The predicted octanol–water partition coefficient (Wildman–Crippen LogP) is 3.92. The van der Waals surface area contributed by atoms with Crippen LogP contribution in [-0.4, -0.2) is 28.3 Å². The van der Waals surface area contributed by atoms with Gasteiger partial charge >= 0.3 is 0 Å². The van der Waals surface area contributed by atoms with Crippen molar-refractivity contribution >= 4 is 33.6 Å². The zero-order valence-electron chi connectivity index (χ0n) is 14.2. The third kappa shape index (κ3) is 3.03. The van der Waals surface area contributed by atoms with Crippen LogP contribution >= 0.6 is 11.3 Å². The van der Waals surface area contributed by atoms with Gasteiger partial charge in [-0.1, -0.05) is 0 Å². The number of aliphatic hydroxyl groups excluding tert-OH is 1. The molecule has 1 aliphatic carbocycles. The predicted molar refractivity (Wildman–Crippen MR) is 103 cm³/mol. The molecule has 0 spiro atoms. The van der Waals surface area contributed by atoms with Crippen LogP contribution in [0.5, 0.6) is 0 Å². The number of aliphatic imine (C=N–C) groups is 1. The monoisotopic (exact) mass is 352 g/mol. The van der Waals surface area contributed by atoms with Crippen molar-refractivity contribution in [1.82, 2.24) is 9.97 Å². The summed E-state index contributed by atoms with van der Waals surface area (Å²) < 4.78 is 0. The lowest BCUT2D eigenvalue weighted by atomic mass is 10.0. The molecule has 3 heterocycles. The molecule has 3 aromatic heterocycles. The molecule has 0 radical (unpaired) electrons. The maximum absolute atomic E-state index is 9.93. The number of anilines is 1. The van der Waals surface area contributed by atoms with Gasteiger partial charge < -0.3 is 10.8 Å². The van der Waals surface area contributed by atoms with Gasteiger partial charge in [-0.3, -0.25) is 4.99 Å². The molecule has 1 fully saturated rings. The summed E-state index contributed by atoms with van der Waals surface area (Å²) in [6.45, 7) is 1.79. The standard InChI is InChI=1S/C19H20N4OS/c1-10(24)17-7-15-14(11-3-4-11)6-16(23-19(15)25-17)12-5-13(8-21-2)18(20)22-9-12/h5-11,24H,3-4H2,1-2H3,(H2,20,22). The van der Waals surface area contributed by atoms with Crippen molar-refractivity contribution in [3.05, 3.63) is 40.4 Å². The first-order valence-electron chi connectivity index (χ1n) is 8.37. The number of pyridine rings is 2. The van der Waals surface area contributed by atoms with Crippen molar-refractivity contribution in [2.24, 2.45) is 4.99 Å². The van der Waals surface area contributed by atoms with E-state index in [1.54, 1.807) is 37.7 Å². The average Bonchev–Trinajstić information content (AvgIpc) is 3.34. The van der Waals surface area contributed by atoms with Gasteiger partial charge in [0, 0.05) is 40.8 Å². The van der Waals surface area contributed by atoms with Crippen molar-refractivity contribution < 1.29 is 5.11 Å². The highest BCUT2D eigenvalue weighted by atomic mass is 32.1. The smallest absolute Gasteiger partial charge is 0.132 e. The maximum atomic E-state index is 9.93. The second-order valence-electron chi connectivity index (χ2n) is 6.50. The summed E-state index contributed by atoms with van der Waals surface area (Å²) in [5.41, 5.74) is 9.87. The second kappa shape index (κ2) is 6.20. The molecule has 0 amide bonds. The first-order chi connectivity index (χ1) is 12.1. The highest BCUT2D eigenvalue weighted by molar-refractivity contribution is 7.18. The summed E-state index contributed by atoms with van der Waals surface area (Å²) in [5.74, 6) is 1.06. The van der Waals surface area contributed by atoms with E-state index in [9.17, 15) is 5.11 Å². The Balaban J connectivity index is 1.89. The van der Waals surface area contributed by atoms with Gasteiger partial charge in [-0.05, 0) is 49.4 Å². The molecular weight excluding hydrogens is 332 g/mol. The molecule has 25 heavy (non-hydrogen) atoms. The number of nitrogens with two attached hydrogens (primary N) is 1. The molecule has 1 atom stereocenters. The molecule has 1 aliphatic rings. The quantitative estimate of drug-likeness (QED) is 0.697. The summed E-state index contributed by atoms with van der Waals surface area (Å²) >= 11 is 1.56. The van der Waals surface area contributed by atoms with E-state index < -0.39 is 6.10 Å². The fourth-order valence-corrected chi connectivity index (χ4v) is 4.02. The number of hydrogen-bond acceptors (Lipinski definition) is 6. The van der Waals surface area contributed by atoms with Crippen LogP contribution in [-0.2, 0) is 0 Å². The molecule has 0 aliphatic heterocycles. The molecule has 3 aromatic rings. The number of hydrogen-bond donors (Lipinski definition) is 2. The van der Waals surface area contributed by atoms with Crippen LogP contribution in [0.2, 0.25) is 0 Å². The lowest BCUT2D eigenvalue weighted by Gasteiger charge is -2.08. The van der Waals surface area contributed by atoms with Gasteiger partial charge in [-0.25, -0.2) is 9.97 Å². The van der Waals surface area contributed by atoms with E-state index in [0.717, 1.165) is 26.5 Å². The minimum Gasteiger partial charge on any atom is -0.388 e. The molecular formula is C19H20N4OS. The van der Waals surface area contributed by atoms with Crippen molar-refractivity contribution in [2.75, 3.05) is 12.8 Å². The molecule has 5 nitrogen and oxygen atoms in total. The lowest BCUT2D eigenvalue weighted by molar-refractivity contribution is 0.203. The molecule has 0 bridgehead atoms. The maximum Gasteiger partial charge on any atom is 0.132 e. The number of rotatable bonds is 4. The first-order valence-corrected chi connectivity index (χ1v) is 9.19. The molecule has 1 unspecified atom stereocenters. The molecule has 128 valence electrons. The number of aromatic nitrogens is 2. The molecule has 3 N–H and O–H groups in total. The van der Waals surface area contributed by atoms with Gasteiger partial charge in [0.15, 0.2) is 0 Å². The van der Waals surface area contributed by atoms with Gasteiger partial charge in [0.05, 0.1) is 11.8 Å². The SMILES string of the molecule is CN=Cc1cc(-c2cc(C3CC3)c3cc(C(C)O)sc3n2)cnc1N. The number of nitrogen functional groups attached to an aromatic ring is 1. The molecule has 6 heteroatoms. The highest BCUT2D eigenvalue weighted by Crippen LogP contribution is 2.46. The first kappa shape index (κ1) is 16.2. The van der Waals surface area contributed by atoms with E-state index in [-0.39, 0.29) is 0 Å². The summed E-state index contributed by atoms with van der Waals surface area (Å²) in [4.78, 5) is 15.1. The van der Waals surface area contributed by atoms with Crippen LogP contribution < -0.4 is 5.73 Å². The van der Waals surface area contributed by atoms with E-state index in [1.165, 1.54) is 23.8 Å². The molecule has 0 aromatic carbocycles. The zero-order valence-corrected chi connectivity index (χ0v) is 15.0. The highest BCUT2D eigenvalue weighted by Gasteiger charge is 2.27. The van der Waals surface area contributed by atoms with Crippen LogP contribution in [0.4, 0.5) is 5.82 Å². The Hall–Kier alpha value is -2.31. The fourth-order valence-electron chi connectivity index (χ4n) is 3.02. The van der Waals surface area contributed by atoms with Gasteiger partial charge in [0.25, 0.3) is 0 Å². The average molecular weight is 352 g/mol. The number of thiophene rings is 1. The summed E-state index contributed by atoms with van der Waals surface area (Å²) in [5, 5.41) is 11.1. The number of fused-ring (bicyclic) bond motifs is 1. The van der Waals surface area contributed by atoms with Crippen LogP contribution in [0.25, 0.3) is 21.5 Å². The minimum atomic E-state index is -0.472. The van der Waals surface area contributed by atoms with E-state index in [1.807, 2.05) is 6.07 Å². The Labute approximate surface area is 150 Å². The third-order valence-corrected chi connectivity index (χ3v) is 5.70. The van der Waals surface area contributed by atoms with Crippen molar-refractivity contribution in [3.8, 4) is 11.3 Å². The topological polar surface area (TPSA) is 84.4 Å². The van der Waals surface area contributed by atoms with Crippen molar-refractivity contribution in [1.29, 1.82) is 0 Å². The Morgan fingerprint density at radius 3 is 2.84 bits per heavy atom. The van der Waals surface area contributed by atoms with Crippen molar-refractivity contribution in [2.45, 2.75) is 31.8 Å².